The van der Waals surface area contributed by atoms with Crippen LogP contribution in [-0.2, 0) is 0 Å². The molecule has 0 saturated heterocycles. The third-order valence-corrected chi connectivity index (χ3v) is 12.0. The van der Waals surface area contributed by atoms with Gasteiger partial charge in [-0.05, 0) is 0 Å². The minimum absolute atomic E-state index is 0.748. The molecule has 0 aromatic carbocycles. The standard InChI is InChI=1S/C14H31Cl2P/c1-4-7-11-17(16,14-10-15,12-8-5-2)13-9-6-3/h4-14H2,1-3H3. The molecular formula is C14H31Cl2P. The monoisotopic (exact) mass is 300 g/mol. The normalized spacial score (nSPS) is 14.5. The zero-order valence-corrected chi connectivity index (χ0v) is 14.4. The molecule has 17 heavy (non-hydrogen) atoms. The Labute approximate surface area is 119 Å². The first kappa shape index (κ1) is 18.0. The molecule has 0 unspecified atom stereocenters. The van der Waals surface area contributed by atoms with Gasteiger partial charge < -0.3 is 0 Å². The van der Waals surface area contributed by atoms with Gasteiger partial charge in [0.15, 0.2) is 0 Å². The summed E-state index contributed by atoms with van der Waals surface area (Å²) in [6, 6.07) is 0. The summed E-state index contributed by atoms with van der Waals surface area (Å²) in [7, 11) is 0. The Morgan fingerprint density at radius 3 is 1.29 bits per heavy atom. The van der Waals surface area contributed by atoms with Crippen molar-refractivity contribution in [2.24, 2.45) is 0 Å². The first-order valence-corrected chi connectivity index (χ1v) is 11.7. The number of hydrogen-bond acceptors (Lipinski definition) is 0. The molecule has 0 atom stereocenters. The van der Waals surface area contributed by atoms with Crippen molar-refractivity contribution in [3.8, 4) is 0 Å². The summed E-state index contributed by atoms with van der Waals surface area (Å²) in [5, 5.41) is 0. The van der Waals surface area contributed by atoms with Crippen LogP contribution in [0, 0.1) is 0 Å². The minimum atomic E-state index is -2.00. The Balaban J connectivity index is 4.76. The van der Waals surface area contributed by atoms with Crippen molar-refractivity contribution in [1.29, 1.82) is 0 Å². The zero-order chi connectivity index (χ0) is 13.2. The Morgan fingerprint density at radius 1 is 0.706 bits per heavy atom. The van der Waals surface area contributed by atoms with Crippen molar-refractivity contribution in [2.45, 2.75) is 59.3 Å². The van der Waals surface area contributed by atoms with E-state index in [9.17, 15) is 0 Å². The van der Waals surface area contributed by atoms with Gasteiger partial charge in [0.05, 0.1) is 0 Å². The predicted molar refractivity (Wildman–Crippen MR) is 87.7 cm³/mol. The van der Waals surface area contributed by atoms with Crippen molar-refractivity contribution in [3.05, 3.63) is 0 Å². The van der Waals surface area contributed by atoms with Crippen LogP contribution in [0.5, 0.6) is 0 Å². The molecule has 0 aromatic rings. The molecule has 0 rings (SSSR count). The molecule has 0 aliphatic carbocycles. The van der Waals surface area contributed by atoms with Crippen LogP contribution >= 0.6 is 28.8 Å². The van der Waals surface area contributed by atoms with Crippen LogP contribution in [0.15, 0.2) is 0 Å². The third kappa shape index (κ3) is 6.65. The molecule has 0 fully saturated rings. The van der Waals surface area contributed by atoms with Crippen LogP contribution in [0.1, 0.15) is 59.3 Å². The van der Waals surface area contributed by atoms with Gasteiger partial charge in [0.2, 0.25) is 0 Å². The van der Waals surface area contributed by atoms with Gasteiger partial charge in [0.1, 0.15) is 0 Å². The van der Waals surface area contributed by atoms with E-state index in [1.165, 1.54) is 57.0 Å². The van der Waals surface area contributed by atoms with Crippen LogP contribution in [0.25, 0.3) is 0 Å². The molecule has 0 N–H and O–H groups in total. The summed E-state index contributed by atoms with van der Waals surface area (Å²) in [6.45, 7) is 6.79. The van der Waals surface area contributed by atoms with E-state index in [-0.39, 0.29) is 0 Å². The van der Waals surface area contributed by atoms with Crippen molar-refractivity contribution in [3.63, 3.8) is 0 Å². The molecule has 3 heteroatoms. The zero-order valence-electron chi connectivity index (χ0n) is 12.0. The van der Waals surface area contributed by atoms with Gasteiger partial charge in [-0.15, -0.1) is 0 Å². The van der Waals surface area contributed by atoms with Crippen molar-refractivity contribution < 1.29 is 0 Å². The number of halogens is 2. The van der Waals surface area contributed by atoms with Gasteiger partial charge >= 0.3 is 119 Å². The van der Waals surface area contributed by atoms with E-state index < -0.39 is 5.96 Å². The fourth-order valence-corrected chi connectivity index (χ4v) is 10.5. The second kappa shape index (κ2) is 9.00. The first-order chi connectivity index (χ1) is 8.04. The van der Waals surface area contributed by atoms with Gasteiger partial charge in [-0.25, -0.2) is 0 Å². The van der Waals surface area contributed by atoms with Crippen LogP contribution in [0.2, 0.25) is 0 Å². The molecule has 0 aliphatic rings. The summed E-state index contributed by atoms with van der Waals surface area (Å²) >= 11 is 13.3. The van der Waals surface area contributed by atoms with Crippen LogP contribution in [0.4, 0.5) is 0 Å². The van der Waals surface area contributed by atoms with Gasteiger partial charge in [0, 0.05) is 0 Å². The molecule has 0 amide bonds. The molecule has 0 aromatic heterocycles. The van der Waals surface area contributed by atoms with Crippen molar-refractivity contribution in [1.82, 2.24) is 0 Å². The van der Waals surface area contributed by atoms with E-state index in [2.05, 4.69) is 20.8 Å². The molecule has 106 valence electrons. The SMILES string of the molecule is CCCCP(Cl)(CCCl)(CCCC)CCCC. The molecule has 0 saturated carbocycles. The number of unbranched alkanes of at least 4 members (excludes halogenated alkanes) is 3. The van der Waals surface area contributed by atoms with Gasteiger partial charge in [-0.1, -0.05) is 0 Å². The Kier molecular flexibility index (Phi) is 9.53. The Bertz CT molecular complexity index is 170. The summed E-state index contributed by atoms with van der Waals surface area (Å²) < 4.78 is 0. The van der Waals surface area contributed by atoms with E-state index >= 15 is 0 Å². The van der Waals surface area contributed by atoms with Gasteiger partial charge in [-0.3, -0.25) is 0 Å². The van der Waals surface area contributed by atoms with Crippen LogP contribution in [-0.4, -0.2) is 30.5 Å². The molecule has 0 nitrogen and oxygen atoms in total. The maximum absolute atomic E-state index is 7.28. The Hall–Kier alpha value is 1.01. The van der Waals surface area contributed by atoms with E-state index in [0.29, 0.717) is 0 Å². The van der Waals surface area contributed by atoms with E-state index in [1.54, 1.807) is 0 Å². The molecule has 0 radical (unpaired) electrons. The molecule has 0 heterocycles. The molecular weight excluding hydrogens is 270 g/mol. The van der Waals surface area contributed by atoms with Gasteiger partial charge in [-0.2, -0.15) is 0 Å². The van der Waals surface area contributed by atoms with Crippen molar-refractivity contribution in [2.75, 3.05) is 30.5 Å². The first-order valence-electron chi connectivity index (χ1n) is 7.32. The van der Waals surface area contributed by atoms with E-state index in [0.717, 1.165) is 12.0 Å². The average molecular weight is 301 g/mol. The summed E-state index contributed by atoms with van der Waals surface area (Å²) in [5.41, 5.74) is 0. The quantitative estimate of drug-likeness (QED) is 0.309. The molecule has 0 aliphatic heterocycles. The number of alkyl halides is 1. The Morgan fingerprint density at radius 2 is 1.06 bits per heavy atom. The fraction of sp³-hybridized carbons (Fsp3) is 1.00. The third-order valence-electron chi connectivity index (χ3n) is 3.85. The summed E-state index contributed by atoms with van der Waals surface area (Å²) in [5.74, 6) is -1.25. The fourth-order valence-electron chi connectivity index (χ4n) is 2.54. The summed E-state index contributed by atoms with van der Waals surface area (Å²) in [6.07, 6.45) is 12.5. The van der Waals surface area contributed by atoms with E-state index in [4.69, 9.17) is 22.8 Å². The molecule has 0 spiro atoms. The van der Waals surface area contributed by atoms with Crippen LogP contribution < -0.4 is 0 Å². The van der Waals surface area contributed by atoms with Crippen molar-refractivity contribution >= 4 is 28.8 Å². The van der Waals surface area contributed by atoms with Gasteiger partial charge in [0.25, 0.3) is 0 Å². The predicted octanol–water partition coefficient (Wildman–Crippen LogP) is 6.33. The average Bonchev–Trinajstić information content (AvgIpc) is 2.33. The maximum atomic E-state index is 7.28. The van der Waals surface area contributed by atoms with Crippen LogP contribution in [0.3, 0.4) is 0 Å². The molecule has 0 bridgehead atoms. The summed E-state index contributed by atoms with van der Waals surface area (Å²) in [4.78, 5) is 0. The second-order valence-electron chi connectivity index (χ2n) is 5.46. The second-order valence-corrected chi connectivity index (χ2v) is 14.1. The number of hydrogen-bond donors (Lipinski definition) is 0. The van der Waals surface area contributed by atoms with E-state index in [1.807, 2.05) is 0 Å². The number of rotatable bonds is 11. The topological polar surface area (TPSA) is 0 Å².